The summed E-state index contributed by atoms with van der Waals surface area (Å²) in [6.07, 6.45) is 7.47. The first-order chi connectivity index (χ1) is 12.9. The lowest BCUT2D eigenvalue weighted by molar-refractivity contribution is -0.116. The Kier molecular flexibility index (Phi) is 5.88. The summed E-state index contributed by atoms with van der Waals surface area (Å²) in [6.45, 7) is 7.80. The highest BCUT2D eigenvalue weighted by Gasteiger charge is 2.23. The van der Waals surface area contributed by atoms with E-state index < -0.39 is 0 Å². The van der Waals surface area contributed by atoms with E-state index in [1.165, 1.54) is 0 Å². The lowest BCUT2D eigenvalue weighted by Crippen LogP contribution is -2.38. The summed E-state index contributed by atoms with van der Waals surface area (Å²) < 4.78 is 1.72. The van der Waals surface area contributed by atoms with Crippen LogP contribution in [0.5, 0.6) is 0 Å². The molecule has 0 bridgehead atoms. The molecule has 7 heteroatoms. The molecule has 1 fully saturated rings. The fourth-order valence-electron chi connectivity index (χ4n) is 3.13. The Morgan fingerprint density at radius 2 is 1.96 bits per heavy atom. The van der Waals surface area contributed by atoms with Crippen LogP contribution in [0.25, 0.3) is 5.82 Å². The molecule has 2 aromatic rings. The average Bonchev–Trinajstić information content (AvgIpc) is 3.12. The van der Waals surface area contributed by atoms with Crippen molar-refractivity contribution < 1.29 is 9.59 Å². The molecule has 7 nitrogen and oxygen atoms in total. The third-order valence-corrected chi connectivity index (χ3v) is 4.76. The number of likely N-dealkylation sites (tertiary alicyclic amines) is 1. The summed E-state index contributed by atoms with van der Waals surface area (Å²) in [6, 6.07) is 3.59. The van der Waals surface area contributed by atoms with Gasteiger partial charge in [0.05, 0.1) is 11.9 Å². The smallest absolute Gasteiger partial charge is 0.274 e. The molecule has 3 rings (SSSR count). The van der Waals surface area contributed by atoms with Gasteiger partial charge in [0.25, 0.3) is 5.91 Å². The zero-order valence-corrected chi connectivity index (χ0v) is 16.2. The highest BCUT2D eigenvalue weighted by molar-refractivity contribution is 5.92. The Morgan fingerprint density at radius 1 is 1.22 bits per heavy atom. The quantitative estimate of drug-likeness (QED) is 0.878. The molecule has 2 aromatic heterocycles. The van der Waals surface area contributed by atoms with E-state index in [2.05, 4.69) is 22.2 Å². The number of hydrogen-bond donors (Lipinski definition) is 1. The SMILES string of the molecule is CC(C)CC(=O)Nc1ccc(-n2cnc(C(=O)N3CCC(C)CC3)c2)nc1. The van der Waals surface area contributed by atoms with E-state index >= 15 is 0 Å². The van der Waals surface area contributed by atoms with Gasteiger partial charge < -0.3 is 10.2 Å². The van der Waals surface area contributed by atoms with E-state index in [1.54, 1.807) is 35.4 Å². The molecular formula is C20H27N5O2. The minimum Gasteiger partial charge on any atom is -0.337 e. The molecular weight excluding hydrogens is 342 g/mol. The molecule has 3 heterocycles. The summed E-state index contributed by atoms with van der Waals surface area (Å²) in [4.78, 5) is 34.9. The maximum Gasteiger partial charge on any atom is 0.274 e. The van der Waals surface area contributed by atoms with Crippen molar-refractivity contribution in [2.24, 2.45) is 11.8 Å². The number of nitrogens with one attached hydrogen (secondary N) is 1. The van der Waals surface area contributed by atoms with Crippen LogP contribution in [-0.2, 0) is 4.79 Å². The van der Waals surface area contributed by atoms with Gasteiger partial charge in [-0.05, 0) is 36.8 Å². The Labute approximate surface area is 159 Å². The standard InChI is InChI=1S/C20H27N5O2/c1-14(2)10-19(26)23-16-4-5-18(21-11-16)25-12-17(22-13-25)20(27)24-8-6-15(3)7-9-24/h4-5,11-15H,6-10H2,1-3H3,(H,23,26). The number of hydrogen-bond acceptors (Lipinski definition) is 4. The molecule has 0 saturated carbocycles. The Morgan fingerprint density at radius 3 is 2.59 bits per heavy atom. The first-order valence-electron chi connectivity index (χ1n) is 9.52. The summed E-state index contributed by atoms with van der Waals surface area (Å²) in [5, 5.41) is 2.83. The predicted octanol–water partition coefficient (Wildman–Crippen LogP) is 3.12. The van der Waals surface area contributed by atoms with Crippen LogP contribution in [0.3, 0.4) is 0 Å². The second kappa shape index (κ2) is 8.33. The van der Waals surface area contributed by atoms with E-state index in [9.17, 15) is 9.59 Å². The van der Waals surface area contributed by atoms with Crippen molar-refractivity contribution in [2.45, 2.75) is 40.0 Å². The summed E-state index contributed by atoms with van der Waals surface area (Å²) >= 11 is 0. The van der Waals surface area contributed by atoms with Gasteiger partial charge in [-0.1, -0.05) is 20.8 Å². The van der Waals surface area contributed by atoms with Crippen molar-refractivity contribution >= 4 is 17.5 Å². The van der Waals surface area contributed by atoms with Crippen LogP contribution in [0.1, 0.15) is 50.5 Å². The third-order valence-electron chi connectivity index (χ3n) is 4.76. The van der Waals surface area contributed by atoms with Gasteiger partial charge in [0.1, 0.15) is 17.8 Å². The van der Waals surface area contributed by atoms with E-state index in [0.717, 1.165) is 25.9 Å². The number of amides is 2. The van der Waals surface area contributed by atoms with E-state index in [4.69, 9.17) is 0 Å². The molecule has 1 saturated heterocycles. The fourth-order valence-corrected chi connectivity index (χ4v) is 3.13. The molecule has 2 amide bonds. The van der Waals surface area contributed by atoms with Gasteiger partial charge in [0.2, 0.25) is 5.91 Å². The monoisotopic (exact) mass is 369 g/mol. The molecule has 1 aliphatic heterocycles. The maximum absolute atomic E-state index is 12.6. The Balaban J connectivity index is 1.64. The normalized spacial score (nSPS) is 15.2. The predicted molar refractivity (Wildman–Crippen MR) is 104 cm³/mol. The zero-order chi connectivity index (χ0) is 19.4. The fraction of sp³-hybridized carbons (Fsp3) is 0.500. The lowest BCUT2D eigenvalue weighted by atomic mass is 9.99. The maximum atomic E-state index is 12.6. The highest BCUT2D eigenvalue weighted by atomic mass is 16.2. The van der Waals surface area contributed by atoms with Crippen molar-refractivity contribution in [2.75, 3.05) is 18.4 Å². The second-order valence-electron chi connectivity index (χ2n) is 7.69. The molecule has 0 unspecified atom stereocenters. The molecule has 0 spiro atoms. The Bertz CT molecular complexity index is 789. The van der Waals surface area contributed by atoms with Crippen LogP contribution in [0.2, 0.25) is 0 Å². The van der Waals surface area contributed by atoms with E-state index in [1.807, 2.05) is 18.7 Å². The number of pyridine rings is 1. The highest BCUT2D eigenvalue weighted by Crippen LogP contribution is 2.18. The number of carbonyl (C=O) groups excluding carboxylic acids is 2. The molecule has 0 aromatic carbocycles. The second-order valence-corrected chi connectivity index (χ2v) is 7.69. The van der Waals surface area contributed by atoms with Crippen molar-refractivity contribution in [3.8, 4) is 5.82 Å². The van der Waals surface area contributed by atoms with Crippen molar-refractivity contribution in [1.82, 2.24) is 19.4 Å². The summed E-state index contributed by atoms with van der Waals surface area (Å²) in [5.74, 6) is 1.58. The average molecular weight is 369 g/mol. The van der Waals surface area contributed by atoms with Crippen molar-refractivity contribution in [3.63, 3.8) is 0 Å². The van der Waals surface area contributed by atoms with Crippen molar-refractivity contribution in [3.05, 3.63) is 36.5 Å². The zero-order valence-electron chi connectivity index (χ0n) is 16.2. The van der Waals surface area contributed by atoms with Crippen LogP contribution in [-0.4, -0.2) is 44.3 Å². The van der Waals surface area contributed by atoms with Gasteiger partial charge in [-0.25, -0.2) is 9.97 Å². The largest absolute Gasteiger partial charge is 0.337 e. The molecule has 0 aliphatic carbocycles. The number of aromatic nitrogens is 3. The number of anilines is 1. The third kappa shape index (κ3) is 4.93. The number of rotatable bonds is 5. The van der Waals surface area contributed by atoms with Gasteiger partial charge in [-0.15, -0.1) is 0 Å². The molecule has 1 aliphatic rings. The number of carbonyl (C=O) groups is 2. The van der Waals surface area contributed by atoms with Crippen LogP contribution < -0.4 is 5.32 Å². The van der Waals surface area contributed by atoms with Gasteiger partial charge in [-0.3, -0.25) is 14.2 Å². The van der Waals surface area contributed by atoms with Crippen LogP contribution in [0.4, 0.5) is 5.69 Å². The summed E-state index contributed by atoms with van der Waals surface area (Å²) in [7, 11) is 0. The van der Waals surface area contributed by atoms with Crippen LogP contribution >= 0.6 is 0 Å². The first-order valence-corrected chi connectivity index (χ1v) is 9.52. The molecule has 0 atom stereocenters. The molecule has 0 radical (unpaired) electrons. The van der Waals surface area contributed by atoms with Gasteiger partial charge in [0.15, 0.2) is 0 Å². The lowest BCUT2D eigenvalue weighted by Gasteiger charge is -2.29. The minimum absolute atomic E-state index is 0.0223. The Hall–Kier alpha value is -2.70. The molecule has 144 valence electrons. The summed E-state index contributed by atoms with van der Waals surface area (Å²) in [5.41, 5.74) is 1.09. The van der Waals surface area contributed by atoms with Crippen LogP contribution in [0, 0.1) is 11.8 Å². The molecule has 27 heavy (non-hydrogen) atoms. The van der Waals surface area contributed by atoms with E-state index in [0.29, 0.717) is 35.5 Å². The number of nitrogens with zero attached hydrogens (tertiary/aromatic N) is 4. The van der Waals surface area contributed by atoms with Crippen LogP contribution in [0.15, 0.2) is 30.9 Å². The molecule has 1 N–H and O–H groups in total. The topological polar surface area (TPSA) is 80.1 Å². The van der Waals surface area contributed by atoms with Gasteiger partial charge in [0, 0.05) is 25.7 Å². The van der Waals surface area contributed by atoms with Gasteiger partial charge >= 0.3 is 0 Å². The number of imidazole rings is 1. The minimum atomic E-state index is -0.0294. The van der Waals surface area contributed by atoms with Gasteiger partial charge in [-0.2, -0.15) is 0 Å². The first kappa shape index (κ1) is 19.1. The van der Waals surface area contributed by atoms with E-state index in [-0.39, 0.29) is 11.8 Å². The number of piperidine rings is 1. The van der Waals surface area contributed by atoms with Crippen molar-refractivity contribution in [1.29, 1.82) is 0 Å².